The minimum Gasteiger partial charge on any atom is -0.496 e. The first-order valence-corrected chi connectivity index (χ1v) is 12.5. The maximum Gasteiger partial charge on any atom is 0.220 e. The van der Waals surface area contributed by atoms with Gasteiger partial charge in [-0.2, -0.15) is 0 Å². The zero-order chi connectivity index (χ0) is 23.4. The van der Waals surface area contributed by atoms with Crippen LogP contribution in [0.5, 0.6) is 5.75 Å². The van der Waals surface area contributed by atoms with Crippen molar-refractivity contribution in [1.29, 1.82) is 0 Å². The number of piperidine rings is 1. The molecule has 6 nitrogen and oxygen atoms in total. The van der Waals surface area contributed by atoms with Gasteiger partial charge in [0.15, 0.2) is 0 Å². The predicted octanol–water partition coefficient (Wildman–Crippen LogP) is 4.44. The summed E-state index contributed by atoms with van der Waals surface area (Å²) < 4.78 is 12.0. The maximum atomic E-state index is 12.5. The quantitative estimate of drug-likeness (QED) is 0.521. The highest BCUT2D eigenvalue weighted by molar-refractivity contribution is 5.84. The van der Waals surface area contributed by atoms with Crippen LogP contribution in [0.3, 0.4) is 0 Å². The summed E-state index contributed by atoms with van der Waals surface area (Å²) >= 11 is 0. The van der Waals surface area contributed by atoms with Gasteiger partial charge in [0.05, 0.1) is 18.8 Å². The molecule has 2 aliphatic heterocycles. The normalized spacial score (nSPS) is 20.1. The number of carbonyl (C=O) groups is 1. The van der Waals surface area contributed by atoms with Gasteiger partial charge < -0.3 is 19.8 Å². The van der Waals surface area contributed by atoms with Crippen molar-refractivity contribution in [2.75, 3.05) is 26.7 Å². The van der Waals surface area contributed by atoms with Crippen LogP contribution in [0.2, 0.25) is 0 Å². The largest absolute Gasteiger partial charge is 0.496 e. The Kier molecular flexibility index (Phi) is 6.88. The fourth-order valence-corrected chi connectivity index (χ4v) is 5.50. The predicted molar refractivity (Wildman–Crippen MR) is 134 cm³/mol. The lowest BCUT2D eigenvalue weighted by Gasteiger charge is -2.39. The van der Waals surface area contributed by atoms with Gasteiger partial charge in [-0.3, -0.25) is 9.69 Å². The van der Waals surface area contributed by atoms with Gasteiger partial charge in [0, 0.05) is 55.3 Å². The molecule has 1 amide bonds. The molecule has 5 rings (SSSR count). The van der Waals surface area contributed by atoms with Crippen molar-refractivity contribution in [3.8, 4) is 5.75 Å². The number of nitrogens with one attached hydrogen (secondary N) is 2. The molecular formula is C28H35N3O3. The molecular weight excluding hydrogens is 426 g/mol. The molecule has 1 unspecified atom stereocenters. The first-order valence-electron chi connectivity index (χ1n) is 12.5. The fourth-order valence-electron chi connectivity index (χ4n) is 5.50. The smallest absolute Gasteiger partial charge is 0.220 e. The summed E-state index contributed by atoms with van der Waals surface area (Å²) in [6.45, 7) is 3.58. The number of ether oxygens (including phenoxy) is 2. The van der Waals surface area contributed by atoms with Gasteiger partial charge in [-0.1, -0.05) is 36.4 Å². The van der Waals surface area contributed by atoms with Crippen molar-refractivity contribution in [2.24, 2.45) is 0 Å². The Morgan fingerprint density at radius 3 is 2.76 bits per heavy atom. The lowest BCUT2D eigenvalue weighted by Crippen LogP contribution is -2.44. The van der Waals surface area contributed by atoms with Gasteiger partial charge in [-0.25, -0.2) is 0 Å². The number of carbonyl (C=O) groups excluding carboxylic acids is 1. The topological polar surface area (TPSA) is 66.6 Å². The zero-order valence-corrected chi connectivity index (χ0v) is 20.0. The van der Waals surface area contributed by atoms with E-state index in [-0.39, 0.29) is 17.6 Å². The van der Waals surface area contributed by atoms with E-state index in [0.29, 0.717) is 13.0 Å². The van der Waals surface area contributed by atoms with Crippen molar-refractivity contribution < 1.29 is 14.3 Å². The van der Waals surface area contributed by atoms with Crippen LogP contribution in [0.1, 0.15) is 43.2 Å². The van der Waals surface area contributed by atoms with Crippen LogP contribution >= 0.6 is 0 Å². The Balaban J connectivity index is 1.05. The average molecular weight is 462 g/mol. The third-order valence-electron chi connectivity index (χ3n) is 7.52. The fraction of sp³-hybridized carbons (Fsp3) is 0.464. The van der Waals surface area contributed by atoms with Crippen LogP contribution in [0.25, 0.3) is 10.9 Å². The number of hydrogen-bond donors (Lipinski definition) is 2. The number of nitrogens with zero attached hydrogens (tertiary/aromatic N) is 1. The van der Waals surface area contributed by atoms with E-state index >= 15 is 0 Å². The Morgan fingerprint density at radius 1 is 1.12 bits per heavy atom. The number of rotatable bonds is 8. The highest BCUT2D eigenvalue weighted by Gasteiger charge is 2.42. The molecule has 3 aromatic rings. The molecule has 1 atom stereocenters. The molecule has 1 aromatic heterocycles. The molecule has 0 bridgehead atoms. The van der Waals surface area contributed by atoms with Gasteiger partial charge in [0.1, 0.15) is 5.75 Å². The second-order valence-electron chi connectivity index (χ2n) is 9.71. The van der Waals surface area contributed by atoms with E-state index in [4.69, 9.17) is 9.47 Å². The molecule has 0 radical (unpaired) electrons. The highest BCUT2D eigenvalue weighted by Crippen LogP contribution is 2.39. The molecule has 180 valence electrons. The molecule has 34 heavy (non-hydrogen) atoms. The lowest BCUT2D eigenvalue weighted by molar-refractivity contribution is -0.122. The summed E-state index contributed by atoms with van der Waals surface area (Å²) in [5, 5.41) is 4.31. The maximum absolute atomic E-state index is 12.5. The summed E-state index contributed by atoms with van der Waals surface area (Å²) in [5.41, 5.74) is 3.54. The molecule has 0 aliphatic carbocycles. The number of aryl methyl sites for hydroxylation is 1. The lowest BCUT2D eigenvalue weighted by atomic mass is 9.88. The van der Waals surface area contributed by atoms with E-state index in [1.807, 2.05) is 30.5 Å². The van der Waals surface area contributed by atoms with Gasteiger partial charge in [0.2, 0.25) is 5.91 Å². The van der Waals surface area contributed by atoms with Crippen molar-refractivity contribution in [2.45, 2.75) is 56.8 Å². The Morgan fingerprint density at radius 2 is 1.91 bits per heavy atom. The molecule has 2 aliphatic rings. The summed E-state index contributed by atoms with van der Waals surface area (Å²) in [7, 11) is 1.73. The minimum atomic E-state index is -0.0172. The van der Waals surface area contributed by atoms with Gasteiger partial charge in [0.25, 0.3) is 0 Å². The number of fused-ring (bicyclic) bond motifs is 1. The molecule has 2 saturated heterocycles. The number of para-hydroxylation sites is 2. The SMILES string of the molecule is COc1ccccc1CN1CCC2(CCC(CNC(=O)CCc3c[nH]c4ccccc34)O2)CC1. The molecule has 2 aromatic carbocycles. The van der Waals surface area contributed by atoms with E-state index in [1.54, 1.807) is 7.11 Å². The van der Waals surface area contributed by atoms with Gasteiger partial charge in [-0.05, 0) is 49.8 Å². The van der Waals surface area contributed by atoms with Crippen LogP contribution in [-0.2, 0) is 22.5 Å². The summed E-state index contributed by atoms with van der Waals surface area (Å²) in [6, 6.07) is 16.5. The Hall–Kier alpha value is -2.83. The first-order chi connectivity index (χ1) is 16.6. The monoisotopic (exact) mass is 461 g/mol. The van der Waals surface area contributed by atoms with Crippen LogP contribution in [0, 0.1) is 0 Å². The number of methoxy groups -OCH3 is 1. The number of hydrogen-bond acceptors (Lipinski definition) is 4. The summed E-state index contributed by atoms with van der Waals surface area (Å²) in [4.78, 5) is 18.2. The standard InChI is InChI=1S/C28H35N3O3/c1-33-26-9-5-2-6-22(26)20-31-16-14-28(15-17-31)13-12-23(34-28)19-30-27(32)11-10-21-18-29-25-8-4-3-7-24(21)25/h2-9,18,23,29H,10-17,19-20H2,1H3,(H,30,32). The number of H-pyrrole nitrogens is 1. The zero-order valence-electron chi connectivity index (χ0n) is 20.0. The van der Waals surface area contributed by atoms with Crippen molar-refractivity contribution >= 4 is 16.8 Å². The van der Waals surface area contributed by atoms with Crippen LogP contribution in [0.15, 0.2) is 54.7 Å². The van der Waals surface area contributed by atoms with E-state index < -0.39 is 0 Å². The van der Waals surface area contributed by atoms with Crippen molar-refractivity contribution in [3.63, 3.8) is 0 Å². The molecule has 3 heterocycles. The third kappa shape index (κ3) is 5.13. The molecule has 1 spiro atoms. The highest BCUT2D eigenvalue weighted by atomic mass is 16.5. The number of likely N-dealkylation sites (tertiary alicyclic amines) is 1. The summed E-state index contributed by atoms with van der Waals surface area (Å²) in [6.07, 6.45) is 7.59. The Labute approximate surface area is 201 Å². The van der Waals surface area contributed by atoms with Crippen molar-refractivity contribution in [3.05, 3.63) is 65.9 Å². The summed E-state index contributed by atoms with van der Waals surface area (Å²) in [5.74, 6) is 1.06. The molecule has 6 heteroatoms. The van der Waals surface area contributed by atoms with E-state index in [9.17, 15) is 4.79 Å². The molecule has 2 N–H and O–H groups in total. The van der Waals surface area contributed by atoms with Gasteiger partial charge in [-0.15, -0.1) is 0 Å². The molecule has 2 fully saturated rings. The first kappa shape index (κ1) is 22.9. The number of aromatic amines is 1. The van der Waals surface area contributed by atoms with Crippen LogP contribution in [0.4, 0.5) is 0 Å². The van der Waals surface area contributed by atoms with E-state index in [0.717, 1.165) is 63.0 Å². The average Bonchev–Trinajstić information content (AvgIpc) is 3.47. The minimum absolute atomic E-state index is 0.0172. The van der Waals surface area contributed by atoms with Crippen LogP contribution < -0.4 is 10.1 Å². The third-order valence-corrected chi connectivity index (χ3v) is 7.52. The van der Waals surface area contributed by atoms with Crippen LogP contribution in [-0.4, -0.2) is 54.2 Å². The van der Waals surface area contributed by atoms with Crippen molar-refractivity contribution in [1.82, 2.24) is 15.2 Å². The second-order valence-corrected chi connectivity index (χ2v) is 9.71. The van der Waals surface area contributed by atoms with E-state index in [2.05, 4.69) is 39.5 Å². The molecule has 0 saturated carbocycles. The second kappa shape index (κ2) is 10.2. The number of amides is 1. The van der Waals surface area contributed by atoms with Gasteiger partial charge >= 0.3 is 0 Å². The van der Waals surface area contributed by atoms with E-state index in [1.165, 1.54) is 16.5 Å². The Bertz CT molecular complexity index is 1120. The number of benzene rings is 2. The number of aromatic nitrogens is 1.